The molecule has 1 saturated carbocycles. The second kappa shape index (κ2) is 8.99. The number of likely N-dealkylation sites (tertiary alicyclic amines) is 1. The second-order valence-corrected chi connectivity index (χ2v) is 8.90. The van der Waals surface area contributed by atoms with Gasteiger partial charge in [-0.1, -0.05) is 47.5 Å². The van der Waals surface area contributed by atoms with Gasteiger partial charge in [-0.3, -0.25) is 4.79 Å². The Balaban J connectivity index is 1.81. The van der Waals surface area contributed by atoms with Gasteiger partial charge in [0.25, 0.3) is 0 Å². The van der Waals surface area contributed by atoms with Gasteiger partial charge >= 0.3 is 5.97 Å². The number of hydrogen-bond donors (Lipinski definition) is 0. The van der Waals surface area contributed by atoms with Crippen molar-refractivity contribution in [1.29, 1.82) is 0 Å². The van der Waals surface area contributed by atoms with Gasteiger partial charge in [-0.25, -0.2) is 4.79 Å². The Kier molecular flexibility index (Phi) is 6.35. The van der Waals surface area contributed by atoms with Crippen LogP contribution in [0.3, 0.4) is 0 Å². The number of halogens is 2. The first kappa shape index (κ1) is 21.2. The van der Waals surface area contributed by atoms with Crippen molar-refractivity contribution in [1.82, 2.24) is 4.90 Å². The van der Waals surface area contributed by atoms with Crippen LogP contribution in [-0.2, 0) is 14.3 Å². The minimum absolute atomic E-state index is 0.00168. The molecule has 0 radical (unpaired) electrons. The van der Waals surface area contributed by atoms with Gasteiger partial charge in [0.1, 0.15) is 6.04 Å². The van der Waals surface area contributed by atoms with Crippen molar-refractivity contribution in [2.75, 3.05) is 6.61 Å². The van der Waals surface area contributed by atoms with E-state index < -0.39 is 6.04 Å². The molecule has 30 heavy (non-hydrogen) atoms. The number of benzene rings is 2. The highest BCUT2D eigenvalue weighted by Crippen LogP contribution is 2.48. The lowest BCUT2D eigenvalue weighted by molar-refractivity contribution is -0.160. The van der Waals surface area contributed by atoms with Crippen LogP contribution in [-0.4, -0.2) is 29.4 Å². The average Bonchev–Trinajstić information content (AvgIpc) is 3.55. The molecule has 1 aliphatic carbocycles. The van der Waals surface area contributed by atoms with E-state index in [1.165, 1.54) is 0 Å². The number of carbonyl (C=O) groups is 2. The molecule has 0 aromatic heterocycles. The van der Waals surface area contributed by atoms with Crippen LogP contribution in [0, 0.1) is 5.92 Å². The number of carbonyl (C=O) groups excluding carboxylic acids is 2. The number of rotatable bonds is 6. The van der Waals surface area contributed by atoms with E-state index in [1.54, 1.807) is 11.8 Å². The van der Waals surface area contributed by atoms with E-state index in [0.29, 0.717) is 29.5 Å². The molecule has 0 spiro atoms. The summed E-state index contributed by atoms with van der Waals surface area (Å²) in [5.41, 5.74) is 2.03. The predicted octanol–water partition coefficient (Wildman–Crippen LogP) is 5.78. The normalized spacial score (nSPS) is 22.6. The maximum atomic E-state index is 13.2. The van der Waals surface area contributed by atoms with E-state index >= 15 is 0 Å². The third kappa shape index (κ3) is 4.35. The van der Waals surface area contributed by atoms with Gasteiger partial charge in [0.2, 0.25) is 5.91 Å². The van der Waals surface area contributed by atoms with E-state index in [9.17, 15) is 9.59 Å². The number of piperidine rings is 1. The third-order valence-electron chi connectivity index (χ3n) is 6.02. The summed E-state index contributed by atoms with van der Waals surface area (Å²) in [6, 6.07) is 14.5. The predicted molar refractivity (Wildman–Crippen MR) is 118 cm³/mol. The summed E-state index contributed by atoms with van der Waals surface area (Å²) in [7, 11) is 0. The first-order valence-electron chi connectivity index (χ1n) is 10.5. The first-order valence-corrected chi connectivity index (χ1v) is 11.2. The lowest BCUT2D eigenvalue weighted by Crippen LogP contribution is -2.52. The fourth-order valence-electron chi connectivity index (χ4n) is 4.55. The van der Waals surface area contributed by atoms with Crippen LogP contribution in [0.5, 0.6) is 0 Å². The maximum absolute atomic E-state index is 13.2. The number of esters is 1. The Hall–Kier alpha value is -2.04. The van der Waals surface area contributed by atoms with E-state index in [4.69, 9.17) is 27.9 Å². The Morgan fingerprint density at radius 2 is 1.80 bits per heavy atom. The zero-order chi connectivity index (χ0) is 21.3. The van der Waals surface area contributed by atoms with E-state index in [0.717, 1.165) is 24.0 Å². The minimum atomic E-state index is -0.555. The van der Waals surface area contributed by atoms with Gasteiger partial charge in [0.15, 0.2) is 0 Å². The quantitative estimate of drug-likeness (QED) is 0.529. The summed E-state index contributed by atoms with van der Waals surface area (Å²) >= 11 is 12.4. The molecule has 0 bridgehead atoms. The van der Waals surface area contributed by atoms with Crippen molar-refractivity contribution in [3.05, 3.63) is 69.7 Å². The smallest absolute Gasteiger partial charge is 0.329 e. The molecule has 3 atom stereocenters. The zero-order valence-electron chi connectivity index (χ0n) is 16.9. The highest BCUT2D eigenvalue weighted by Gasteiger charge is 2.49. The molecule has 4 rings (SSSR count). The molecule has 2 fully saturated rings. The molecule has 2 aliphatic rings. The summed E-state index contributed by atoms with van der Waals surface area (Å²) in [6.45, 7) is 2.10. The van der Waals surface area contributed by atoms with Crippen molar-refractivity contribution >= 4 is 35.1 Å². The Morgan fingerprint density at radius 1 is 1.07 bits per heavy atom. The van der Waals surface area contributed by atoms with Crippen LogP contribution in [0.4, 0.5) is 0 Å². The molecule has 2 aromatic carbocycles. The van der Waals surface area contributed by atoms with Crippen LogP contribution < -0.4 is 0 Å². The van der Waals surface area contributed by atoms with Gasteiger partial charge in [0.05, 0.1) is 12.6 Å². The lowest BCUT2D eigenvalue weighted by atomic mass is 9.78. The third-order valence-corrected chi connectivity index (χ3v) is 6.51. The van der Waals surface area contributed by atoms with Crippen LogP contribution in [0.1, 0.15) is 55.7 Å². The van der Waals surface area contributed by atoms with Gasteiger partial charge in [-0.2, -0.15) is 0 Å². The summed E-state index contributed by atoms with van der Waals surface area (Å²) in [6.07, 6.45) is 2.96. The van der Waals surface area contributed by atoms with Gasteiger partial charge in [0, 0.05) is 22.4 Å². The van der Waals surface area contributed by atoms with Gasteiger partial charge in [-0.15, -0.1) is 0 Å². The molecule has 1 heterocycles. The molecule has 1 amide bonds. The minimum Gasteiger partial charge on any atom is -0.464 e. The molecular formula is C24H25Cl2NO3. The van der Waals surface area contributed by atoms with Crippen LogP contribution >= 0.6 is 23.2 Å². The van der Waals surface area contributed by atoms with Crippen LogP contribution in [0.2, 0.25) is 10.0 Å². The summed E-state index contributed by atoms with van der Waals surface area (Å²) in [5, 5.41) is 1.30. The Bertz CT molecular complexity index is 926. The largest absolute Gasteiger partial charge is 0.464 e. The topological polar surface area (TPSA) is 46.6 Å². The number of ether oxygens (including phenoxy) is 1. The van der Waals surface area contributed by atoms with E-state index in [2.05, 4.69) is 0 Å². The van der Waals surface area contributed by atoms with Crippen molar-refractivity contribution in [2.24, 2.45) is 5.92 Å². The maximum Gasteiger partial charge on any atom is 0.329 e. The fraction of sp³-hybridized carbons (Fsp3) is 0.417. The average molecular weight is 446 g/mol. The highest BCUT2D eigenvalue weighted by atomic mass is 35.5. The number of hydrogen-bond acceptors (Lipinski definition) is 3. The molecule has 1 aliphatic heterocycles. The number of nitrogens with zero attached hydrogens (tertiary/aromatic N) is 1. The zero-order valence-corrected chi connectivity index (χ0v) is 18.4. The van der Waals surface area contributed by atoms with E-state index in [1.807, 2.05) is 48.5 Å². The number of amides is 1. The molecule has 0 N–H and O–H groups in total. The van der Waals surface area contributed by atoms with Crippen molar-refractivity contribution in [3.63, 3.8) is 0 Å². The highest BCUT2D eigenvalue weighted by molar-refractivity contribution is 6.30. The summed E-state index contributed by atoms with van der Waals surface area (Å²) in [4.78, 5) is 28.0. The standard InChI is InChI=1S/C24H25Cl2NO3/c1-2-30-24(29)23(16-6-7-16)27-21(28)13-12-20(17-4-3-5-19(26)14-17)22(27)15-8-10-18(25)11-9-15/h3-5,8-11,14,16,20,22-23H,2,6-7,12-13H2,1H3/t20-,22?,23+/m1/s1. The molecule has 2 aromatic rings. The molecular weight excluding hydrogens is 421 g/mol. The van der Waals surface area contributed by atoms with Crippen molar-refractivity contribution < 1.29 is 14.3 Å². The fourth-order valence-corrected chi connectivity index (χ4v) is 4.88. The van der Waals surface area contributed by atoms with Crippen LogP contribution in [0.15, 0.2) is 48.5 Å². The summed E-state index contributed by atoms with van der Waals surface area (Å²) in [5.74, 6) is -0.128. The first-order chi connectivity index (χ1) is 14.5. The van der Waals surface area contributed by atoms with Crippen LogP contribution in [0.25, 0.3) is 0 Å². The lowest BCUT2D eigenvalue weighted by Gasteiger charge is -2.45. The van der Waals surface area contributed by atoms with E-state index in [-0.39, 0.29) is 29.8 Å². The van der Waals surface area contributed by atoms with Gasteiger partial charge in [-0.05, 0) is 67.5 Å². The monoisotopic (exact) mass is 445 g/mol. The molecule has 1 unspecified atom stereocenters. The molecule has 6 heteroatoms. The van der Waals surface area contributed by atoms with Crippen molar-refractivity contribution in [2.45, 2.75) is 50.6 Å². The summed E-state index contributed by atoms with van der Waals surface area (Å²) < 4.78 is 5.40. The molecule has 1 saturated heterocycles. The molecule has 158 valence electrons. The Morgan fingerprint density at radius 3 is 2.43 bits per heavy atom. The Labute approximate surface area is 187 Å². The SMILES string of the molecule is CCOC(=O)[C@H](C1CC1)N1C(=O)CC[C@H](c2cccc(Cl)c2)C1c1ccc(Cl)cc1. The second-order valence-electron chi connectivity index (χ2n) is 8.03. The van der Waals surface area contributed by atoms with Gasteiger partial charge < -0.3 is 9.64 Å². The van der Waals surface area contributed by atoms with Crippen molar-refractivity contribution in [3.8, 4) is 0 Å². The molecule has 4 nitrogen and oxygen atoms in total.